The first-order chi connectivity index (χ1) is 9.58. The molecule has 0 radical (unpaired) electrons. The second-order valence-corrected chi connectivity index (χ2v) is 5.46. The number of amides is 2. The molecule has 0 spiro atoms. The van der Waals surface area contributed by atoms with Crippen LogP contribution < -0.4 is 0 Å². The van der Waals surface area contributed by atoms with E-state index >= 15 is 0 Å². The summed E-state index contributed by atoms with van der Waals surface area (Å²) in [5.41, 5.74) is 0. The Morgan fingerprint density at radius 2 is 1.70 bits per heavy atom. The highest BCUT2D eigenvalue weighted by atomic mass is 16.2. The summed E-state index contributed by atoms with van der Waals surface area (Å²) >= 11 is 0. The van der Waals surface area contributed by atoms with Crippen LogP contribution in [0, 0.1) is 0 Å². The van der Waals surface area contributed by atoms with E-state index in [1.807, 2.05) is 4.90 Å². The molecule has 0 aromatic carbocycles. The Labute approximate surface area is 122 Å². The zero-order chi connectivity index (χ0) is 15.0. The van der Waals surface area contributed by atoms with Gasteiger partial charge in [0.25, 0.3) is 0 Å². The number of piperazine rings is 1. The second kappa shape index (κ2) is 8.95. The molecule has 5 nitrogen and oxygen atoms in total. The topological polar surface area (TPSA) is 43.9 Å². The molecular formula is C15H29N3O2. The fourth-order valence-electron chi connectivity index (χ4n) is 2.48. The smallest absolute Gasteiger partial charge is 0.242 e. The molecule has 1 fully saturated rings. The minimum absolute atomic E-state index is 0.00153. The minimum Gasteiger partial charge on any atom is -0.339 e. The molecule has 20 heavy (non-hydrogen) atoms. The summed E-state index contributed by atoms with van der Waals surface area (Å²) < 4.78 is 0. The molecule has 1 heterocycles. The summed E-state index contributed by atoms with van der Waals surface area (Å²) in [4.78, 5) is 29.8. The van der Waals surface area contributed by atoms with Gasteiger partial charge in [0, 0.05) is 39.6 Å². The zero-order valence-electron chi connectivity index (χ0n) is 13.2. The van der Waals surface area contributed by atoms with E-state index in [1.165, 1.54) is 0 Å². The van der Waals surface area contributed by atoms with Crippen molar-refractivity contribution in [3.05, 3.63) is 0 Å². The summed E-state index contributed by atoms with van der Waals surface area (Å²) in [7, 11) is 0. The van der Waals surface area contributed by atoms with Crippen molar-refractivity contribution in [2.24, 2.45) is 0 Å². The van der Waals surface area contributed by atoms with Gasteiger partial charge in [-0.1, -0.05) is 26.7 Å². The SMILES string of the molecule is CCCCCN(CC(=O)N1CCN(CC)CC1)C(C)=O. The van der Waals surface area contributed by atoms with Crippen molar-refractivity contribution in [2.75, 3.05) is 45.8 Å². The molecule has 0 saturated carbocycles. The van der Waals surface area contributed by atoms with Crippen molar-refractivity contribution in [3.8, 4) is 0 Å². The first-order valence-electron chi connectivity index (χ1n) is 7.84. The largest absolute Gasteiger partial charge is 0.339 e. The lowest BCUT2D eigenvalue weighted by atomic mass is 10.2. The number of rotatable bonds is 7. The van der Waals surface area contributed by atoms with E-state index in [0.717, 1.165) is 52.0 Å². The molecule has 0 atom stereocenters. The van der Waals surface area contributed by atoms with Crippen LogP contribution in [0.15, 0.2) is 0 Å². The van der Waals surface area contributed by atoms with Gasteiger partial charge in [0.05, 0.1) is 6.54 Å². The van der Waals surface area contributed by atoms with Crippen molar-refractivity contribution >= 4 is 11.8 Å². The van der Waals surface area contributed by atoms with Gasteiger partial charge in [-0.3, -0.25) is 9.59 Å². The molecule has 1 aliphatic heterocycles. The van der Waals surface area contributed by atoms with Gasteiger partial charge in [0.1, 0.15) is 0 Å². The number of likely N-dealkylation sites (N-methyl/N-ethyl adjacent to an activating group) is 1. The number of carbonyl (C=O) groups excluding carboxylic acids is 2. The van der Waals surface area contributed by atoms with Crippen LogP contribution in [0.3, 0.4) is 0 Å². The van der Waals surface area contributed by atoms with Gasteiger partial charge in [-0.15, -0.1) is 0 Å². The van der Waals surface area contributed by atoms with Crippen LogP contribution >= 0.6 is 0 Å². The zero-order valence-corrected chi connectivity index (χ0v) is 13.2. The van der Waals surface area contributed by atoms with Crippen molar-refractivity contribution in [3.63, 3.8) is 0 Å². The van der Waals surface area contributed by atoms with Gasteiger partial charge < -0.3 is 14.7 Å². The number of hydrogen-bond donors (Lipinski definition) is 0. The molecule has 0 aromatic rings. The molecule has 1 aliphatic rings. The van der Waals surface area contributed by atoms with Crippen LogP contribution in [0.5, 0.6) is 0 Å². The van der Waals surface area contributed by atoms with E-state index in [1.54, 1.807) is 11.8 Å². The number of unbranched alkanes of at least 4 members (excludes halogenated alkanes) is 2. The van der Waals surface area contributed by atoms with Gasteiger partial charge in [-0.05, 0) is 13.0 Å². The lowest BCUT2D eigenvalue weighted by Crippen LogP contribution is -2.51. The van der Waals surface area contributed by atoms with Gasteiger partial charge in [-0.25, -0.2) is 0 Å². The molecular weight excluding hydrogens is 254 g/mol. The highest BCUT2D eigenvalue weighted by molar-refractivity contribution is 5.83. The van der Waals surface area contributed by atoms with Gasteiger partial charge in [-0.2, -0.15) is 0 Å². The van der Waals surface area contributed by atoms with Crippen LogP contribution in [0.4, 0.5) is 0 Å². The summed E-state index contributed by atoms with van der Waals surface area (Å²) in [6, 6.07) is 0. The molecule has 0 unspecified atom stereocenters. The van der Waals surface area contributed by atoms with Crippen molar-refractivity contribution in [2.45, 2.75) is 40.0 Å². The van der Waals surface area contributed by atoms with Gasteiger partial charge in [0.15, 0.2) is 0 Å². The van der Waals surface area contributed by atoms with E-state index in [0.29, 0.717) is 6.54 Å². The Hall–Kier alpha value is -1.10. The van der Waals surface area contributed by atoms with Crippen LogP contribution in [0.25, 0.3) is 0 Å². The predicted molar refractivity (Wildman–Crippen MR) is 80.5 cm³/mol. The van der Waals surface area contributed by atoms with Crippen LogP contribution in [0.2, 0.25) is 0 Å². The highest BCUT2D eigenvalue weighted by Crippen LogP contribution is 2.04. The maximum Gasteiger partial charge on any atom is 0.242 e. The number of hydrogen-bond acceptors (Lipinski definition) is 3. The quantitative estimate of drug-likeness (QED) is 0.659. The first-order valence-corrected chi connectivity index (χ1v) is 7.84. The normalized spacial score (nSPS) is 16.2. The maximum atomic E-state index is 12.3. The number of nitrogens with zero attached hydrogens (tertiary/aromatic N) is 3. The second-order valence-electron chi connectivity index (χ2n) is 5.46. The third-order valence-electron chi connectivity index (χ3n) is 3.98. The van der Waals surface area contributed by atoms with E-state index in [2.05, 4.69) is 18.7 Å². The Kier molecular flexibility index (Phi) is 7.59. The Balaban J connectivity index is 2.39. The molecule has 5 heteroatoms. The van der Waals surface area contributed by atoms with Gasteiger partial charge >= 0.3 is 0 Å². The third kappa shape index (κ3) is 5.49. The van der Waals surface area contributed by atoms with E-state index in [9.17, 15) is 9.59 Å². The molecule has 0 aromatic heterocycles. The van der Waals surface area contributed by atoms with Crippen LogP contribution in [0.1, 0.15) is 40.0 Å². The van der Waals surface area contributed by atoms with Crippen LogP contribution in [-0.2, 0) is 9.59 Å². The van der Waals surface area contributed by atoms with Crippen molar-refractivity contribution < 1.29 is 9.59 Å². The number of carbonyl (C=O) groups is 2. The van der Waals surface area contributed by atoms with Crippen LogP contribution in [-0.4, -0.2) is 72.3 Å². The first kappa shape index (κ1) is 17.0. The molecule has 0 bridgehead atoms. The standard InChI is InChI=1S/C15H29N3O2/c1-4-6-7-8-18(14(3)19)13-15(20)17-11-9-16(5-2)10-12-17/h4-13H2,1-3H3. The molecule has 0 aliphatic carbocycles. The van der Waals surface area contributed by atoms with E-state index in [-0.39, 0.29) is 18.4 Å². The van der Waals surface area contributed by atoms with Crippen molar-refractivity contribution in [1.29, 1.82) is 0 Å². The molecule has 2 amide bonds. The summed E-state index contributed by atoms with van der Waals surface area (Å²) in [5, 5.41) is 0. The maximum absolute atomic E-state index is 12.3. The van der Waals surface area contributed by atoms with E-state index in [4.69, 9.17) is 0 Å². The average Bonchev–Trinajstić information content (AvgIpc) is 2.46. The van der Waals surface area contributed by atoms with Crippen molar-refractivity contribution in [1.82, 2.24) is 14.7 Å². The lowest BCUT2D eigenvalue weighted by Gasteiger charge is -2.35. The highest BCUT2D eigenvalue weighted by Gasteiger charge is 2.22. The van der Waals surface area contributed by atoms with E-state index < -0.39 is 0 Å². The summed E-state index contributed by atoms with van der Waals surface area (Å²) in [6.45, 7) is 11.3. The molecule has 1 saturated heterocycles. The molecule has 1 rings (SSSR count). The Morgan fingerprint density at radius 3 is 2.20 bits per heavy atom. The fourth-order valence-corrected chi connectivity index (χ4v) is 2.48. The fraction of sp³-hybridized carbons (Fsp3) is 0.867. The molecule has 0 N–H and O–H groups in total. The summed E-state index contributed by atoms with van der Waals surface area (Å²) in [6.07, 6.45) is 3.21. The minimum atomic E-state index is 0.00153. The Morgan fingerprint density at radius 1 is 1.05 bits per heavy atom. The monoisotopic (exact) mass is 283 g/mol. The average molecular weight is 283 g/mol. The van der Waals surface area contributed by atoms with Gasteiger partial charge in [0.2, 0.25) is 11.8 Å². The third-order valence-corrected chi connectivity index (χ3v) is 3.98. The Bertz CT molecular complexity index is 312. The lowest BCUT2D eigenvalue weighted by molar-refractivity contribution is -0.140. The molecule has 116 valence electrons. The predicted octanol–water partition coefficient (Wildman–Crippen LogP) is 1.19. The summed E-state index contributed by atoms with van der Waals surface area (Å²) in [5.74, 6) is 0.0918.